The van der Waals surface area contributed by atoms with Gasteiger partial charge in [-0.05, 0) is 31.0 Å². The van der Waals surface area contributed by atoms with Gasteiger partial charge in [0.05, 0.1) is 23.6 Å². The fourth-order valence-electron chi connectivity index (χ4n) is 4.44. The van der Waals surface area contributed by atoms with Crippen molar-refractivity contribution in [3.05, 3.63) is 41.9 Å². The van der Waals surface area contributed by atoms with Gasteiger partial charge in [0.25, 0.3) is 0 Å². The van der Waals surface area contributed by atoms with Crippen LogP contribution in [0.4, 0.5) is 11.8 Å². The van der Waals surface area contributed by atoms with Crippen molar-refractivity contribution < 1.29 is 4.74 Å². The molecule has 0 spiro atoms. The Kier molecular flexibility index (Phi) is 6.19. The number of nitrogens with one attached hydrogen (secondary N) is 2. The first kappa shape index (κ1) is 21.4. The monoisotopic (exact) mass is 444 g/mol. The summed E-state index contributed by atoms with van der Waals surface area (Å²) in [6.07, 6.45) is 6.43. The summed E-state index contributed by atoms with van der Waals surface area (Å²) in [6.45, 7) is 8.77. The smallest absolute Gasteiger partial charge is 0.225 e. The number of H-pyrrole nitrogens is 1. The number of hydrogen-bond acceptors (Lipinski definition) is 8. The van der Waals surface area contributed by atoms with E-state index in [1.54, 1.807) is 6.20 Å². The standard InChI is InChI=1S/C24H28N8O/c1-17-20(14-25)23(31-8-5-26-6-9-31)30-22(17)18-3-4-27-21(13-18)19-15-28-24(29-16-19)32-7-2-11-33-12-10-32/h3-4,13,15-16,26,30H,2,5-12H2,1H3. The maximum atomic E-state index is 9.82. The lowest BCUT2D eigenvalue weighted by molar-refractivity contribution is 0.152. The largest absolute Gasteiger partial charge is 0.380 e. The lowest BCUT2D eigenvalue weighted by atomic mass is 10.1. The minimum absolute atomic E-state index is 0.699. The highest BCUT2D eigenvalue weighted by Crippen LogP contribution is 2.33. The number of nitrogens with zero attached hydrogens (tertiary/aromatic N) is 6. The lowest BCUT2D eigenvalue weighted by Gasteiger charge is -2.28. The van der Waals surface area contributed by atoms with Crippen LogP contribution in [-0.2, 0) is 4.74 Å². The second-order valence-corrected chi connectivity index (χ2v) is 8.35. The highest BCUT2D eigenvalue weighted by molar-refractivity contribution is 5.76. The summed E-state index contributed by atoms with van der Waals surface area (Å²) < 4.78 is 5.52. The van der Waals surface area contributed by atoms with Gasteiger partial charge in [-0.15, -0.1) is 0 Å². The summed E-state index contributed by atoms with van der Waals surface area (Å²) in [5, 5.41) is 13.2. The summed E-state index contributed by atoms with van der Waals surface area (Å²) in [7, 11) is 0. The third kappa shape index (κ3) is 4.40. The van der Waals surface area contributed by atoms with Crippen molar-refractivity contribution in [3.63, 3.8) is 0 Å². The Labute approximate surface area is 193 Å². The molecule has 2 saturated heterocycles. The molecule has 0 aliphatic carbocycles. The molecule has 2 fully saturated rings. The van der Waals surface area contributed by atoms with Crippen LogP contribution in [0.5, 0.6) is 0 Å². The van der Waals surface area contributed by atoms with Gasteiger partial charge in [-0.3, -0.25) is 4.98 Å². The van der Waals surface area contributed by atoms with Gasteiger partial charge >= 0.3 is 0 Å². The van der Waals surface area contributed by atoms with E-state index < -0.39 is 0 Å². The second kappa shape index (κ2) is 9.57. The molecule has 170 valence electrons. The van der Waals surface area contributed by atoms with Crippen LogP contribution in [0.1, 0.15) is 17.5 Å². The third-order valence-electron chi connectivity index (χ3n) is 6.26. The van der Waals surface area contributed by atoms with Gasteiger partial charge in [0.15, 0.2) is 0 Å². The van der Waals surface area contributed by atoms with Crippen LogP contribution in [0.3, 0.4) is 0 Å². The number of nitriles is 1. The zero-order chi connectivity index (χ0) is 22.6. The first-order valence-corrected chi connectivity index (χ1v) is 11.4. The van der Waals surface area contributed by atoms with Crippen molar-refractivity contribution in [1.29, 1.82) is 5.26 Å². The molecule has 0 aromatic carbocycles. The van der Waals surface area contributed by atoms with E-state index >= 15 is 0 Å². The first-order valence-electron chi connectivity index (χ1n) is 11.4. The van der Waals surface area contributed by atoms with Gasteiger partial charge < -0.3 is 24.8 Å². The quantitative estimate of drug-likeness (QED) is 0.632. The molecule has 9 heteroatoms. The molecule has 33 heavy (non-hydrogen) atoms. The Hall–Kier alpha value is -3.48. The maximum Gasteiger partial charge on any atom is 0.225 e. The molecule has 0 radical (unpaired) electrons. The minimum Gasteiger partial charge on any atom is -0.380 e. The van der Waals surface area contributed by atoms with Crippen LogP contribution in [0.2, 0.25) is 0 Å². The third-order valence-corrected chi connectivity index (χ3v) is 6.26. The van der Waals surface area contributed by atoms with E-state index in [2.05, 4.69) is 41.1 Å². The summed E-state index contributed by atoms with van der Waals surface area (Å²) in [4.78, 5) is 21.7. The molecule has 2 aliphatic heterocycles. The lowest BCUT2D eigenvalue weighted by Crippen LogP contribution is -2.44. The normalized spacial score (nSPS) is 17.0. The molecule has 2 aliphatic rings. The Morgan fingerprint density at radius 2 is 1.82 bits per heavy atom. The van der Waals surface area contributed by atoms with Crippen molar-refractivity contribution >= 4 is 11.8 Å². The van der Waals surface area contributed by atoms with E-state index in [1.807, 2.05) is 31.5 Å². The van der Waals surface area contributed by atoms with E-state index in [4.69, 9.17) is 4.74 Å². The Morgan fingerprint density at radius 1 is 1.00 bits per heavy atom. The second-order valence-electron chi connectivity index (χ2n) is 8.35. The molecule has 3 aromatic rings. The van der Waals surface area contributed by atoms with Gasteiger partial charge in [0.2, 0.25) is 5.95 Å². The summed E-state index contributed by atoms with van der Waals surface area (Å²) in [6, 6.07) is 6.39. The summed E-state index contributed by atoms with van der Waals surface area (Å²) >= 11 is 0. The predicted molar refractivity (Wildman–Crippen MR) is 127 cm³/mol. The van der Waals surface area contributed by atoms with Gasteiger partial charge in [-0.2, -0.15) is 5.26 Å². The molecule has 3 aromatic heterocycles. The van der Waals surface area contributed by atoms with Gasteiger partial charge in [-0.1, -0.05) is 0 Å². The molecule has 5 rings (SSSR count). The Bertz CT molecular complexity index is 1140. The molecule has 0 bridgehead atoms. The average molecular weight is 445 g/mol. The number of anilines is 2. The molecular formula is C24H28N8O. The maximum absolute atomic E-state index is 9.82. The number of hydrogen-bond donors (Lipinski definition) is 2. The fraction of sp³-hybridized carbons (Fsp3) is 0.417. The van der Waals surface area contributed by atoms with Crippen molar-refractivity contribution in [2.75, 3.05) is 62.3 Å². The molecule has 0 amide bonds. The molecule has 0 unspecified atom stereocenters. The van der Waals surface area contributed by atoms with Crippen LogP contribution in [-0.4, -0.2) is 72.4 Å². The zero-order valence-electron chi connectivity index (χ0n) is 18.8. The number of rotatable bonds is 4. The number of pyridine rings is 1. The predicted octanol–water partition coefficient (Wildman–Crippen LogP) is 2.35. The Balaban J connectivity index is 1.43. The fourth-order valence-corrected chi connectivity index (χ4v) is 4.44. The van der Waals surface area contributed by atoms with Crippen molar-refractivity contribution in [2.45, 2.75) is 13.3 Å². The molecule has 2 N–H and O–H groups in total. The van der Waals surface area contributed by atoms with E-state index in [0.29, 0.717) is 12.2 Å². The molecule has 9 nitrogen and oxygen atoms in total. The van der Waals surface area contributed by atoms with E-state index in [1.165, 1.54) is 0 Å². The topological polar surface area (TPSA) is 106 Å². The van der Waals surface area contributed by atoms with Crippen LogP contribution < -0.4 is 15.1 Å². The average Bonchev–Trinajstić information content (AvgIpc) is 3.02. The van der Waals surface area contributed by atoms with E-state index in [-0.39, 0.29) is 0 Å². The van der Waals surface area contributed by atoms with Crippen LogP contribution in [0.15, 0.2) is 30.7 Å². The highest BCUT2D eigenvalue weighted by atomic mass is 16.5. The minimum atomic E-state index is 0.699. The molecule has 0 atom stereocenters. The van der Waals surface area contributed by atoms with Gasteiger partial charge in [-0.25, -0.2) is 9.97 Å². The molecule has 5 heterocycles. The molecule has 0 saturated carbocycles. The highest BCUT2D eigenvalue weighted by Gasteiger charge is 2.22. The van der Waals surface area contributed by atoms with Crippen molar-refractivity contribution in [2.24, 2.45) is 0 Å². The number of ether oxygens (including phenoxy) is 1. The first-order chi connectivity index (χ1) is 16.2. The number of piperazine rings is 1. The van der Waals surface area contributed by atoms with Crippen LogP contribution in [0.25, 0.3) is 22.5 Å². The zero-order valence-corrected chi connectivity index (χ0v) is 18.8. The summed E-state index contributed by atoms with van der Waals surface area (Å²) in [5.74, 6) is 1.62. The van der Waals surface area contributed by atoms with Crippen molar-refractivity contribution in [1.82, 2.24) is 25.3 Å². The van der Waals surface area contributed by atoms with Gasteiger partial charge in [0, 0.05) is 75.6 Å². The molecular weight excluding hydrogens is 416 g/mol. The SMILES string of the molecule is Cc1c(-c2ccnc(-c3cnc(N4CCCOCC4)nc3)c2)[nH]c(N2CCNCC2)c1C#N. The van der Waals surface area contributed by atoms with E-state index in [0.717, 1.165) is 92.1 Å². The number of aromatic nitrogens is 4. The van der Waals surface area contributed by atoms with Gasteiger partial charge in [0.1, 0.15) is 11.9 Å². The van der Waals surface area contributed by atoms with E-state index in [9.17, 15) is 5.26 Å². The van der Waals surface area contributed by atoms with Crippen LogP contribution in [0, 0.1) is 18.3 Å². The van der Waals surface area contributed by atoms with Crippen molar-refractivity contribution in [3.8, 4) is 28.6 Å². The summed E-state index contributed by atoms with van der Waals surface area (Å²) in [5.41, 5.74) is 5.26. The Morgan fingerprint density at radius 3 is 2.61 bits per heavy atom. The number of aromatic amines is 1. The van der Waals surface area contributed by atoms with Crippen LogP contribution >= 0.6 is 0 Å².